The van der Waals surface area contributed by atoms with Gasteiger partial charge in [-0.15, -0.1) is 0 Å². The SMILES string of the molecule is C[Si](C)(C)c1c(-c2ccccc2)on[n+]1[O-]. The van der Waals surface area contributed by atoms with Gasteiger partial charge >= 0.3 is 0 Å². The Morgan fingerprint density at radius 1 is 1.19 bits per heavy atom. The monoisotopic (exact) mass is 234 g/mol. The predicted octanol–water partition coefficient (Wildman–Crippen LogP) is 1.52. The van der Waals surface area contributed by atoms with Crippen LogP contribution in [-0.4, -0.2) is 13.3 Å². The van der Waals surface area contributed by atoms with Crippen molar-refractivity contribution in [1.29, 1.82) is 0 Å². The van der Waals surface area contributed by atoms with Crippen molar-refractivity contribution in [1.82, 2.24) is 5.27 Å². The molecule has 0 N–H and O–H groups in total. The van der Waals surface area contributed by atoms with Crippen LogP contribution in [0.4, 0.5) is 0 Å². The molecule has 4 nitrogen and oxygen atoms in total. The van der Waals surface area contributed by atoms with Crippen LogP contribution in [-0.2, 0) is 0 Å². The maximum absolute atomic E-state index is 11.6. The molecule has 0 aliphatic rings. The van der Waals surface area contributed by atoms with Gasteiger partial charge in [0.1, 0.15) is 0 Å². The highest BCUT2D eigenvalue weighted by atomic mass is 28.3. The summed E-state index contributed by atoms with van der Waals surface area (Å²) in [6.45, 7) is 6.29. The molecule has 5 heteroatoms. The molecule has 0 atom stereocenters. The molecule has 0 unspecified atom stereocenters. The molecule has 2 rings (SSSR count). The third-order valence-electron chi connectivity index (χ3n) is 2.36. The van der Waals surface area contributed by atoms with E-state index in [0.717, 1.165) is 5.56 Å². The minimum atomic E-state index is -1.76. The predicted molar refractivity (Wildman–Crippen MR) is 63.9 cm³/mol. The first-order valence-corrected chi connectivity index (χ1v) is 8.65. The van der Waals surface area contributed by atoms with E-state index in [2.05, 4.69) is 24.9 Å². The minimum Gasteiger partial charge on any atom is -0.592 e. The van der Waals surface area contributed by atoms with Crippen molar-refractivity contribution >= 4 is 13.4 Å². The first kappa shape index (κ1) is 10.9. The molecule has 2 aromatic rings. The van der Waals surface area contributed by atoms with E-state index in [9.17, 15) is 5.21 Å². The van der Waals surface area contributed by atoms with Gasteiger partial charge in [-0.3, -0.25) is 4.52 Å². The number of rotatable bonds is 2. The number of aromatic nitrogens is 2. The third kappa shape index (κ3) is 1.86. The van der Waals surface area contributed by atoms with E-state index in [0.29, 0.717) is 15.9 Å². The molecular weight excluding hydrogens is 220 g/mol. The van der Waals surface area contributed by atoms with Gasteiger partial charge in [-0.2, -0.15) is 0 Å². The third-order valence-corrected chi connectivity index (χ3v) is 4.20. The van der Waals surface area contributed by atoms with Gasteiger partial charge < -0.3 is 5.21 Å². The van der Waals surface area contributed by atoms with E-state index in [1.807, 2.05) is 30.3 Å². The molecular formula is C11H14N2O2Si. The van der Waals surface area contributed by atoms with Crippen LogP contribution in [0.2, 0.25) is 19.6 Å². The first-order valence-electron chi connectivity index (χ1n) is 5.15. The van der Waals surface area contributed by atoms with Crippen molar-refractivity contribution in [3.8, 4) is 11.3 Å². The molecule has 16 heavy (non-hydrogen) atoms. The van der Waals surface area contributed by atoms with Gasteiger partial charge in [0.15, 0.2) is 8.07 Å². The molecule has 0 spiro atoms. The first-order chi connectivity index (χ1) is 7.50. The van der Waals surface area contributed by atoms with E-state index in [1.54, 1.807) is 0 Å². The summed E-state index contributed by atoms with van der Waals surface area (Å²) in [4.78, 5) is 0.620. The van der Waals surface area contributed by atoms with Crippen molar-refractivity contribution in [3.63, 3.8) is 0 Å². The van der Waals surface area contributed by atoms with Gasteiger partial charge in [-0.25, -0.2) is 0 Å². The highest BCUT2D eigenvalue weighted by molar-refractivity contribution is 6.88. The van der Waals surface area contributed by atoms with Gasteiger partial charge in [0, 0.05) is 5.56 Å². The largest absolute Gasteiger partial charge is 0.592 e. The summed E-state index contributed by atoms with van der Waals surface area (Å²) in [5.74, 6) is 0.606. The number of nitrogens with zero attached hydrogens (tertiary/aromatic N) is 2. The fourth-order valence-electron chi connectivity index (χ4n) is 1.66. The van der Waals surface area contributed by atoms with Gasteiger partial charge in [0.25, 0.3) is 0 Å². The summed E-state index contributed by atoms with van der Waals surface area (Å²) in [6, 6.07) is 9.61. The fourth-order valence-corrected chi connectivity index (χ4v) is 3.14. The van der Waals surface area contributed by atoms with Gasteiger partial charge in [0.05, 0.1) is 0 Å². The number of benzene rings is 1. The van der Waals surface area contributed by atoms with Crippen LogP contribution in [0.15, 0.2) is 34.9 Å². The standard InChI is InChI=1S/C11H14N2O2Si/c1-16(2,3)11-10(15-12-13(11)14)9-7-5-4-6-8-9/h4-8H,1-3H3. The second-order valence-corrected chi connectivity index (χ2v) is 9.71. The minimum absolute atomic E-state index is 0.606. The van der Waals surface area contributed by atoms with E-state index < -0.39 is 8.07 Å². The molecule has 1 aromatic carbocycles. The number of hydrogen-bond acceptors (Lipinski definition) is 3. The Morgan fingerprint density at radius 2 is 1.81 bits per heavy atom. The normalized spacial score (nSPS) is 11.7. The van der Waals surface area contributed by atoms with Crippen molar-refractivity contribution in [3.05, 3.63) is 35.5 Å². The number of hydrogen-bond donors (Lipinski definition) is 0. The lowest BCUT2D eigenvalue weighted by Crippen LogP contribution is -2.57. The molecule has 0 aliphatic heterocycles. The van der Waals surface area contributed by atoms with E-state index >= 15 is 0 Å². The van der Waals surface area contributed by atoms with Gasteiger partial charge in [-0.1, -0.05) is 50.0 Å². The van der Waals surface area contributed by atoms with Crippen molar-refractivity contribution in [2.45, 2.75) is 19.6 Å². The van der Waals surface area contributed by atoms with Gasteiger partial charge in [0.2, 0.25) is 16.3 Å². The average molecular weight is 234 g/mol. The highest BCUT2D eigenvalue weighted by Crippen LogP contribution is 2.17. The van der Waals surface area contributed by atoms with Crippen LogP contribution in [0.25, 0.3) is 11.3 Å². The zero-order valence-electron chi connectivity index (χ0n) is 9.60. The maximum Gasteiger partial charge on any atom is 0.239 e. The van der Waals surface area contributed by atoms with Crippen LogP contribution in [0, 0.1) is 5.21 Å². The quantitative estimate of drug-likeness (QED) is 0.450. The summed E-state index contributed by atoms with van der Waals surface area (Å²) in [5, 5.41) is 15.8. The van der Waals surface area contributed by atoms with Crippen LogP contribution in [0.5, 0.6) is 0 Å². The molecule has 0 aliphatic carbocycles. The van der Waals surface area contributed by atoms with E-state index in [1.165, 1.54) is 0 Å². The Bertz CT molecular complexity index is 488. The molecule has 0 saturated heterocycles. The topological polar surface area (TPSA) is 53.0 Å². The van der Waals surface area contributed by atoms with Crippen molar-refractivity contribution in [2.75, 3.05) is 0 Å². The summed E-state index contributed by atoms with van der Waals surface area (Å²) in [5.41, 5.74) is 0.905. The Morgan fingerprint density at radius 3 is 2.38 bits per heavy atom. The second-order valence-electron chi connectivity index (χ2n) is 4.74. The van der Waals surface area contributed by atoms with Crippen LogP contribution < -0.4 is 10.2 Å². The Balaban J connectivity index is 2.60. The van der Waals surface area contributed by atoms with Crippen LogP contribution in [0.3, 0.4) is 0 Å². The second kappa shape index (κ2) is 3.75. The van der Waals surface area contributed by atoms with Crippen LogP contribution in [0.1, 0.15) is 0 Å². The Kier molecular flexibility index (Phi) is 2.55. The molecule has 0 amide bonds. The lowest BCUT2D eigenvalue weighted by molar-refractivity contribution is -0.664. The Labute approximate surface area is 95.1 Å². The van der Waals surface area contributed by atoms with Crippen molar-refractivity contribution in [2.24, 2.45) is 0 Å². The Hall–Kier alpha value is -1.62. The summed E-state index contributed by atoms with van der Waals surface area (Å²) < 4.78 is 5.14. The highest BCUT2D eigenvalue weighted by Gasteiger charge is 2.35. The lowest BCUT2D eigenvalue weighted by atomic mass is 10.2. The average Bonchev–Trinajstić information content (AvgIpc) is 2.61. The molecule has 84 valence electrons. The summed E-state index contributed by atoms with van der Waals surface area (Å²) in [7, 11) is -1.76. The van der Waals surface area contributed by atoms with Crippen molar-refractivity contribution < 1.29 is 9.37 Å². The zero-order chi connectivity index (χ0) is 11.8. The van der Waals surface area contributed by atoms with E-state index in [-0.39, 0.29) is 0 Å². The van der Waals surface area contributed by atoms with Gasteiger partial charge in [-0.05, 0) is 4.85 Å². The molecule has 0 saturated carbocycles. The zero-order valence-corrected chi connectivity index (χ0v) is 10.6. The molecule has 1 aromatic heterocycles. The summed E-state index contributed by atoms with van der Waals surface area (Å²) >= 11 is 0. The lowest BCUT2D eigenvalue weighted by Gasteiger charge is -2.09. The van der Waals surface area contributed by atoms with E-state index in [4.69, 9.17) is 4.52 Å². The maximum atomic E-state index is 11.6. The molecule has 0 bridgehead atoms. The molecule has 0 radical (unpaired) electrons. The molecule has 0 fully saturated rings. The fraction of sp³-hybridized carbons (Fsp3) is 0.273. The van der Waals surface area contributed by atoms with Crippen LogP contribution >= 0.6 is 0 Å². The smallest absolute Gasteiger partial charge is 0.239 e. The summed E-state index contributed by atoms with van der Waals surface area (Å²) in [6.07, 6.45) is 0. The molecule has 1 heterocycles.